The highest BCUT2D eigenvalue weighted by Crippen LogP contribution is 2.13. The lowest BCUT2D eigenvalue weighted by Crippen LogP contribution is -2.30. The van der Waals surface area contributed by atoms with Gasteiger partial charge in [0.2, 0.25) is 0 Å². The molecule has 0 saturated heterocycles. The van der Waals surface area contributed by atoms with Gasteiger partial charge in [0.05, 0.1) is 0 Å². The van der Waals surface area contributed by atoms with Crippen LogP contribution in [0.25, 0.3) is 0 Å². The average Bonchev–Trinajstić information content (AvgIpc) is 3.30. The van der Waals surface area contributed by atoms with Gasteiger partial charge >= 0.3 is 17.9 Å². The van der Waals surface area contributed by atoms with Crippen LogP contribution in [0.2, 0.25) is 0 Å². The first-order valence-corrected chi connectivity index (χ1v) is 26.1. The summed E-state index contributed by atoms with van der Waals surface area (Å²) in [4.78, 5) is 38.0. The largest absolute Gasteiger partial charge is 0.462 e. The summed E-state index contributed by atoms with van der Waals surface area (Å²) in [6, 6.07) is 0. The number of rotatable bonds is 45. The molecule has 0 spiro atoms. The first kappa shape index (κ1) is 60.8. The van der Waals surface area contributed by atoms with Gasteiger partial charge in [-0.15, -0.1) is 0 Å². The van der Waals surface area contributed by atoms with E-state index in [-0.39, 0.29) is 37.5 Å². The Balaban J connectivity index is 4.55. The molecule has 0 radical (unpaired) electrons. The number of ether oxygens (including phenoxy) is 3. The van der Waals surface area contributed by atoms with Crippen molar-refractivity contribution in [2.45, 2.75) is 219 Å². The summed E-state index contributed by atoms with van der Waals surface area (Å²) in [5, 5.41) is 0. The Morgan fingerprint density at radius 1 is 0.338 bits per heavy atom. The van der Waals surface area contributed by atoms with E-state index in [1.54, 1.807) is 0 Å². The zero-order valence-electron chi connectivity index (χ0n) is 41.7. The molecule has 0 rings (SSSR count). The second-order valence-electron chi connectivity index (χ2n) is 16.7. The fourth-order valence-corrected chi connectivity index (χ4v) is 6.64. The molecule has 0 aromatic carbocycles. The average molecular weight is 899 g/mol. The number of esters is 3. The predicted molar refractivity (Wildman–Crippen MR) is 279 cm³/mol. The molecule has 0 heterocycles. The summed E-state index contributed by atoms with van der Waals surface area (Å²) in [7, 11) is 0. The first-order valence-electron chi connectivity index (χ1n) is 26.1. The zero-order valence-corrected chi connectivity index (χ0v) is 41.7. The molecule has 0 N–H and O–H groups in total. The van der Waals surface area contributed by atoms with Crippen molar-refractivity contribution in [1.29, 1.82) is 0 Å². The first-order chi connectivity index (χ1) is 32.0. The van der Waals surface area contributed by atoms with Gasteiger partial charge in [0, 0.05) is 19.3 Å². The van der Waals surface area contributed by atoms with E-state index in [4.69, 9.17) is 14.2 Å². The summed E-state index contributed by atoms with van der Waals surface area (Å²) in [5.41, 5.74) is 0. The number of allylic oxidation sites excluding steroid dienone is 20. The van der Waals surface area contributed by atoms with Crippen LogP contribution < -0.4 is 0 Å². The molecule has 65 heavy (non-hydrogen) atoms. The number of carbonyl (C=O) groups excluding carboxylic acids is 3. The minimum absolute atomic E-state index is 0.117. The van der Waals surface area contributed by atoms with Crippen LogP contribution in [0.3, 0.4) is 0 Å². The Kier molecular flexibility index (Phi) is 49.1. The Bertz CT molecular complexity index is 1400. The van der Waals surface area contributed by atoms with E-state index in [1.165, 1.54) is 64.2 Å². The van der Waals surface area contributed by atoms with Crippen molar-refractivity contribution in [2.75, 3.05) is 13.2 Å². The Labute approximate surface area is 399 Å². The Hall–Kier alpha value is -4.19. The standard InChI is InChI=1S/C59H94O6/c1-4-7-10-13-16-19-22-25-27-28-29-30-32-34-37-40-43-46-49-52-58(61)64-55-56(54-63-57(60)51-48-45-42-39-36-33-24-21-18-15-12-9-6-3)65-59(62)53-50-47-44-41-38-35-31-26-23-20-17-14-11-8-5-2/h7,9-10,12,15-16,18-21,23-25,27,29-30,34,37,43,46,56H,4-6,8,11,13-14,17,22,26,28,31-33,35-36,38-42,44-45,47-55H2,1-3H3/b10-7+,12-9+,18-15+,19-16+,23-20+,24-21+,27-25+,30-29+,37-34+,46-43+. The Morgan fingerprint density at radius 3 is 1.20 bits per heavy atom. The second kappa shape index (κ2) is 52.4. The minimum atomic E-state index is -0.822. The third-order valence-corrected chi connectivity index (χ3v) is 10.5. The SMILES string of the molecule is CC/C=C/C=C/C=C/CCCCCCCC(=O)OCC(COC(=O)CC/C=C/C/C=C/C/C=C/C/C=C/C/C=C/C/C=C/CC)OC(=O)CCCCCCCCC/C=C/CCCCCC. The van der Waals surface area contributed by atoms with Crippen LogP contribution in [-0.4, -0.2) is 37.2 Å². The van der Waals surface area contributed by atoms with Crippen molar-refractivity contribution in [3.8, 4) is 0 Å². The molecule has 0 aliphatic rings. The van der Waals surface area contributed by atoms with E-state index in [0.717, 1.165) is 103 Å². The van der Waals surface area contributed by atoms with E-state index in [0.29, 0.717) is 19.3 Å². The molecular formula is C59H94O6. The number of hydrogen-bond donors (Lipinski definition) is 0. The molecule has 0 aromatic heterocycles. The third kappa shape index (κ3) is 50.7. The maximum absolute atomic E-state index is 12.8. The van der Waals surface area contributed by atoms with Crippen LogP contribution in [0.15, 0.2) is 122 Å². The Morgan fingerprint density at radius 2 is 0.708 bits per heavy atom. The molecule has 6 nitrogen and oxygen atoms in total. The van der Waals surface area contributed by atoms with Gasteiger partial charge in [0.1, 0.15) is 13.2 Å². The maximum atomic E-state index is 12.8. The van der Waals surface area contributed by atoms with Crippen molar-refractivity contribution < 1.29 is 28.6 Å². The number of hydrogen-bond acceptors (Lipinski definition) is 6. The summed E-state index contributed by atoms with van der Waals surface area (Å²) < 4.78 is 16.7. The van der Waals surface area contributed by atoms with Crippen molar-refractivity contribution in [2.24, 2.45) is 0 Å². The van der Waals surface area contributed by atoms with Crippen LogP contribution >= 0.6 is 0 Å². The van der Waals surface area contributed by atoms with Gasteiger partial charge < -0.3 is 14.2 Å². The molecule has 0 aromatic rings. The van der Waals surface area contributed by atoms with Gasteiger partial charge in [-0.1, -0.05) is 213 Å². The molecule has 0 fully saturated rings. The van der Waals surface area contributed by atoms with E-state index in [1.807, 2.05) is 12.2 Å². The van der Waals surface area contributed by atoms with E-state index >= 15 is 0 Å². The van der Waals surface area contributed by atoms with E-state index in [9.17, 15) is 14.4 Å². The molecule has 0 saturated carbocycles. The number of unbranched alkanes of at least 4 members (excludes halogenated alkanes) is 16. The molecule has 1 atom stereocenters. The third-order valence-electron chi connectivity index (χ3n) is 10.5. The maximum Gasteiger partial charge on any atom is 0.306 e. The highest BCUT2D eigenvalue weighted by atomic mass is 16.6. The summed E-state index contributed by atoms with van der Waals surface area (Å²) >= 11 is 0. The van der Waals surface area contributed by atoms with Crippen LogP contribution in [0, 0.1) is 0 Å². The lowest BCUT2D eigenvalue weighted by Gasteiger charge is -2.18. The summed E-state index contributed by atoms with van der Waals surface area (Å²) in [6.07, 6.45) is 71.9. The molecule has 0 bridgehead atoms. The smallest absolute Gasteiger partial charge is 0.306 e. The lowest BCUT2D eigenvalue weighted by atomic mass is 10.1. The fraction of sp³-hybridized carbons (Fsp3) is 0.610. The molecule has 1 unspecified atom stereocenters. The number of carbonyl (C=O) groups is 3. The van der Waals surface area contributed by atoms with Crippen LogP contribution in [-0.2, 0) is 28.6 Å². The van der Waals surface area contributed by atoms with Crippen molar-refractivity contribution in [3.05, 3.63) is 122 Å². The monoisotopic (exact) mass is 899 g/mol. The lowest BCUT2D eigenvalue weighted by molar-refractivity contribution is -0.166. The van der Waals surface area contributed by atoms with Gasteiger partial charge in [-0.25, -0.2) is 0 Å². The molecule has 6 heteroatoms. The van der Waals surface area contributed by atoms with Gasteiger partial charge in [-0.2, -0.15) is 0 Å². The highest BCUT2D eigenvalue weighted by molar-refractivity contribution is 5.71. The van der Waals surface area contributed by atoms with Gasteiger partial charge in [-0.05, 0) is 103 Å². The normalized spacial score (nSPS) is 13.1. The van der Waals surface area contributed by atoms with Crippen LogP contribution in [0.4, 0.5) is 0 Å². The zero-order chi connectivity index (χ0) is 47.2. The van der Waals surface area contributed by atoms with Crippen LogP contribution in [0.5, 0.6) is 0 Å². The van der Waals surface area contributed by atoms with Gasteiger partial charge in [-0.3, -0.25) is 14.4 Å². The summed E-state index contributed by atoms with van der Waals surface area (Å²) in [6.45, 7) is 6.27. The molecule has 0 amide bonds. The van der Waals surface area contributed by atoms with Crippen LogP contribution in [0.1, 0.15) is 213 Å². The van der Waals surface area contributed by atoms with Crippen molar-refractivity contribution >= 4 is 17.9 Å². The van der Waals surface area contributed by atoms with Crippen molar-refractivity contribution in [3.63, 3.8) is 0 Å². The van der Waals surface area contributed by atoms with E-state index in [2.05, 4.69) is 130 Å². The molecule has 0 aliphatic heterocycles. The molecule has 0 aliphatic carbocycles. The second-order valence-corrected chi connectivity index (χ2v) is 16.7. The minimum Gasteiger partial charge on any atom is -0.462 e. The predicted octanol–water partition coefficient (Wildman–Crippen LogP) is 17.3. The van der Waals surface area contributed by atoms with Gasteiger partial charge in [0.25, 0.3) is 0 Å². The fourth-order valence-electron chi connectivity index (χ4n) is 6.64. The van der Waals surface area contributed by atoms with Gasteiger partial charge in [0.15, 0.2) is 6.10 Å². The highest BCUT2D eigenvalue weighted by Gasteiger charge is 2.19. The quantitative estimate of drug-likeness (QED) is 0.0199. The molecular weight excluding hydrogens is 805 g/mol. The van der Waals surface area contributed by atoms with E-state index < -0.39 is 6.10 Å². The molecule has 366 valence electrons. The summed E-state index contributed by atoms with van der Waals surface area (Å²) in [5.74, 6) is -1.03. The van der Waals surface area contributed by atoms with Crippen molar-refractivity contribution in [1.82, 2.24) is 0 Å². The topological polar surface area (TPSA) is 78.9 Å².